The second-order valence-corrected chi connectivity index (χ2v) is 41.6. The maximum Gasteiger partial charge on any atom is 0.512 e. The van der Waals surface area contributed by atoms with Crippen molar-refractivity contribution in [1.29, 1.82) is 0 Å². The highest BCUT2D eigenvalue weighted by molar-refractivity contribution is 9.10. The molecule has 0 amide bonds. The van der Waals surface area contributed by atoms with Crippen LogP contribution in [0, 0.1) is 0 Å². The molecule has 7 aliphatic rings. The van der Waals surface area contributed by atoms with Crippen molar-refractivity contribution in [3.8, 4) is 33.8 Å². The minimum atomic E-state index is -3.51. The molecule has 143 heavy (non-hydrogen) atoms. The first-order chi connectivity index (χ1) is 68.6. The topological polar surface area (TPSA) is 325 Å². The Balaban J connectivity index is 0.000000141. The lowest BCUT2D eigenvalue weighted by Gasteiger charge is -2.32. The highest BCUT2D eigenvalue weighted by Crippen LogP contribution is 2.55. The van der Waals surface area contributed by atoms with Crippen LogP contribution in [0.3, 0.4) is 0 Å². The predicted molar refractivity (Wildman–Crippen MR) is 563 cm³/mol. The van der Waals surface area contributed by atoms with E-state index >= 15 is 0 Å². The average Bonchev–Trinajstić information content (AvgIpc) is 1.57. The van der Waals surface area contributed by atoms with Crippen LogP contribution in [0.15, 0.2) is 197 Å². The number of esters is 6. The molecule has 25 nitrogen and oxygen atoms in total. The number of carboxylic acids is 1. The van der Waals surface area contributed by atoms with E-state index in [1.54, 1.807) is 19.9 Å². The average molecular weight is 2020 g/mol. The summed E-state index contributed by atoms with van der Waals surface area (Å²) in [6, 6.07) is 54.6. The molecule has 3 aliphatic heterocycles. The van der Waals surface area contributed by atoms with Crippen LogP contribution in [0.25, 0.3) is 88.5 Å². The standard InChI is InChI=1S/C28H29NO4.C27H27NO4.C24H25NO3.C22H30BNO4.C8H7BrO.C6H11O5P/c1-17-20-11-7-8-12-21(20)26-25(18-9-5-4-6-10-18)22-14-13-19(27(30)32-2)15-24(22)29(26)16-23(17)28(31)33-3;1-16-19-10-6-7-11-20(19)25-24(17-8-4-3-5-9-17)21-13-12-18(27(31)32-2)14-23(21)28(25)15-22(16)26(29)30;1-15(26)18-10-6-7-11-19(18)23-22(16-8-4-3-5-9-16)20-13-12-17(24(27)28-2)14-21(20)25-23;1-21(2)22(3,4)28-23(27-21)19-18(14-9-7-6-8-10-14)16-12-11-15(20(25)26-5)13-17(16)24-19;1-6(10)7-4-2-3-5-8(7)9;1-5(6(7)9-2)12(8,10-3)11-4/h7-8,11-15,18H,4-6,9-10,16H2,1-3H3;6-7,10-14,17H,3-5,8-9,15H2,1-2H3,(H,29,30);6-7,10-14,16,25H,3-5,8-9H2,1-2H3;11-14,24H,6-10H2,1-5H3;2-5H,1H3;1H2,2-4H3. The minimum Gasteiger partial charge on any atom is -0.478 e. The number of hydrogen-bond acceptors (Lipinski definition) is 20. The van der Waals surface area contributed by atoms with E-state index in [-0.39, 0.29) is 53.3 Å². The van der Waals surface area contributed by atoms with E-state index in [4.69, 9.17) is 33.0 Å². The van der Waals surface area contributed by atoms with Gasteiger partial charge in [-0.15, -0.1) is 0 Å². The molecular weight excluding hydrogens is 1890 g/mol. The van der Waals surface area contributed by atoms with Gasteiger partial charge in [-0.2, -0.15) is 0 Å². The van der Waals surface area contributed by atoms with Crippen LogP contribution in [0.1, 0.15) is 303 Å². The van der Waals surface area contributed by atoms with Gasteiger partial charge in [0.1, 0.15) is 5.31 Å². The molecule has 0 radical (unpaired) electrons. The zero-order valence-corrected chi connectivity index (χ0v) is 87.1. The first kappa shape index (κ1) is 106. The van der Waals surface area contributed by atoms with Crippen LogP contribution in [0.4, 0.5) is 0 Å². The number of Topliss-reactive ketones (excluding diaryl/α,β-unsaturated/α-hetero) is 2. The first-order valence-electron chi connectivity index (χ1n) is 49.2. The SMILES string of the molecule is C=C(C(=O)OC)P(=O)(OC)OC.CC(=O)c1ccccc1Br.COC(=O)C1=C(C)c2ccccc2-c2c(C3CCCCC3)c3ccc(C(=O)OC)cc3n2C1.COC(=O)c1ccc2c(C3CCCCC3)c(-c3ccccc3C(C)=O)[nH]c2c1.COC(=O)c1ccc2c(C3CCCCC3)c(B3OC(C)(C)C(C)(C)O3)[nH]c2c1.COC(=O)c1ccc2c(C3CCCCC3)c3n(c2c1)CC(C(=O)O)=C(C)c1ccccc1-3. The number of halogens is 1. The van der Waals surface area contributed by atoms with E-state index in [1.807, 2.05) is 147 Å². The summed E-state index contributed by atoms with van der Waals surface area (Å²) in [4.78, 5) is 115. The van der Waals surface area contributed by atoms with E-state index in [1.165, 1.54) is 162 Å². The number of nitrogens with one attached hydrogen (secondary N) is 2. The molecule has 3 N–H and O–H groups in total. The molecular formula is C115H129BBrN4O21P. The van der Waals surface area contributed by atoms with Crippen molar-refractivity contribution in [3.05, 3.63) is 264 Å². The zero-order valence-electron chi connectivity index (χ0n) is 84.6. The van der Waals surface area contributed by atoms with E-state index in [0.717, 1.165) is 166 Å². The van der Waals surface area contributed by atoms with Crippen molar-refractivity contribution in [3.63, 3.8) is 0 Å². The van der Waals surface area contributed by atoms with Crippen molar-refractivity contribution in [1.82, 2.24) is 19.1 Å². The molecule has 750 valence electrons. The molecule has 19 rings (SSSR count). The molecule has 28 heteroatoms. The van der Waals surface area contributed by atoms with Gasteiger partial charge < -0.3 is 71.0 Å². The molecule has 0 bridgehead atoms. The number of aliphatic carboxylic acids is 1. The Morgan fingerprint density at radius 1 is 0.413 bits per heavy atom. The highest BCUT2D eigenvalue weighted by atomic mass is 79.9. The number of aromatic amines is 2. The highest BCUT2D eigenvalue weighted by Gasteiger charge is 2.54. The lowest BCUT2D eigenvalue weighted by atomic mass is 9.74. The number of benzene rings is 8. The maximum atomic E-state index is 12.8. The quantitative estimate of drug-likeness (QED) is 0.0179. The van der Waals surface area contributed by atoms with Crippen LogP contribution in [0.5, 0.6) is 0 Å². The summed E-state index contributed by atoms with van der Waals surface area (Å²) in [6.07, 6.45) is 24.2. The second-order valence-electron chi connectivity index (χ2n) is 38.5. The molecule has 0 unspecified atom stereocenters. The van der Waals surface area contributed by atoms with Crippen molar-refractivity contribution in [2.24, 2.45) is 0 Å². The van der Waals surface area contributed by atoms with Crippen molar-refractivity contribution >= 4 is 144 Å². The van der Waals surface area contributed by atoms with Crippen molar-refractivity contribution < 1.29 is 99.6 Å². The molecule has 5 fully saturated rings. The number of H-pyrrole nitrogens is 2. The van der Waals surface area contributed by atoms with Gasteiger partial charge in [-0.3, -0.25) is 14.2 Å². The summed E-state index contributed by atoms with van der Waals surface area (Å²) >= 11 is 3.28. The second kappa shape index (κ2) is 46.4. The third-order valence-corrected chi connectivity index (χ3v) is 32.1. The van der Waals surface area contributed by atoms with Crippen LogP contribution < -0.4 is 5.59 Å². The number of ketones is 2. The summed E-state index contributed by atoms with van der Waals surface area (Å²) in [7, 11) is 6.54. The van der Waals surface area contributed by atoms with Crippen LogP contribution in [-0.4, -0.2) is 153 Å². The Hall–Kier alpha value is -12.6. The largest absolute Gasteiger partial charge is 0.512 e. The molecule has 4 aliphatic carbocycles. The predicted octanol–water partition coefficient (Wildman–Crippen LogP) is 26.1. The number of carbonyl (C=O) groups is 9. The third kappa shape index (κ3) is 22.4. The Morgan fingerprint density at radius 3 is 1.14 bits per heavy atom. The summed E-state index contributed by atoms with van der Waals surface area (Å²) < 4.78 is 67.5. The number of carbonyl (C=O) groups excluding carboxylic acids is 8. The van der Waals surface area contributed by atoms with Crippen molar-refractivity contribution in [2.75, 3.05) is 56.9 Å². The number of fused-ring (bicyclic) bond motifs is 12. The Kier molecular flexibility index (Phi) is 34.4. The normalized spacial score (nSPS) is 16.2. The Bertz CT molecular complexity index is 6970. The van der Waals surface area contributed by atoms with Gasteiger partial charge in [-0.1, -0.05) is 215 Å². The number of aromatic nitrogens is 4. The Labute approximate surface area is 844 Å². The fourth-order valence-electron chi connectivity index (χ4n) is 21.5. The van der Waals surface area contributed by atoms with Gasteiger partial charge in [0.25, 0.3) is 0 Å². The summed E-state index contributed by atoms with van der Waals surface area (Å²) in [5.41, 5.74) is 23.8. The summed E-state index contributed by atoms with van der Waals surface area (Å²) in [5, 5.41) is 14.3. The third-order valence-electron chi connectivity index (χ3n) is 29.6. The number of ether oxygens (including phenoxy) is 6. The van der Waals surface area contributed by atoms with Gasteiger partial charge in [0.15, 0.2) is 11.6 Å². The number of rotatable bonds is 18. The summed E-state index contributed by atoms with van der Waals surface area (Å²) in [5.74, 6) is -1.48. The molecule has 1 saturated heterocycles. The van der Waals surface area contributed by atoms with Crippen LogP contribution in [-0.2, 0) is 78.8 Å². The lowest BCUT2D eigenvalue weighted by molar-refractivity contribution is -0.136. The van der Waals surface area contributed by atoms with Crippen LogP contribution in [0.2, 0.25) is 0 Å². The molecule has 0 spiro atoms. The molecule has 0 atom stereocenters. The van der Waals surface area contributed by atoms with E-state index < -0.39 is 37.9 Å². The zero-order chi connectivity index (χ0) is 103. The fraction of sp³-hybridized carbons (Fsp3) is 0.383. The number of carboxylic acid groups (broad SMARTS) is 1. The number of allylic oxidation sites excluding steroid dienone is 2. The van der Waals surface area contributed by atoms with E-state index in [2.05, 4.69) is 113 Å². The van der Waals surface area contributed by atoms with Gasteiger partial charge in [-0.05, 0) is 230 Å². The van der Waals surface area contributed by atoms with Gasteiger partial charge >= 0.3 is 56.5 Å². The number of hydrogen-bond donors (Lipinski definition) is 3. The monoisotopic (exact) mass is 2020 g/mol. The first-order valence-corrected chi connectivity index (χ1v) is 51.5. The lowest BCUT2D eigenvalue weighted by Crippen LogP contribution is -2.41. The van der Waals surface area contributed by atoms with Gasteiger partial charge in [0, 0.05) is 95.7 Å². The van der Waals surface area contributed by atoms with Gasteiger partial charge in [0.05, 0.1) is 117 Å². The molecule has 8 aromatic carbocycles. The molecule has 7 heterocycles. The van der Waals surface area contributed by atoms with Gasteiger partial charge in [0.2, 0.25) is 0 Å². The van der Waals surface area contributed by atoms with Crippen molar-refractivity contribution in [2.45, 2.75) is 232 Å². The number of methoxy groups -OCH3 is 6. The number of nitrogens with zero attached hydrogens (tertiary/aromatic N) is 2. The minimum absolute atomic E-state index is 0.0547. The van der Waals surface area contributed by atoms with Crippen LogP contribution >= 0.6 is 23.5 Å². The van der Waals surface area contributed by atoms with E-state index in [9.17, 15) is 52.8 Å². The van der Waals surface area contributed by atoms with E-state index in [0.29, 0.717) is 63.6 Å². The smallest absolute Gasteiger partial charge is 0.478 e. The molecule has 4 aromatic heterocycles. The molecule has 12 aromatic rings. The molecule has 4 saturated carbocycles. The fourth-order valence-corrected chi connectivity index (χ4v) is 22.9. The Morgan fingerprint density at radius 2 is 0.755 bits per heavy atom. The maximum absolute atomic E-state index is 12.8. The summed E-state index contributed by atoms with van der Waals surface area (Å²) in [6.45, 7) is 19.3. The van der Waals surface area contributed by atoms with Gasteiger partial charge in [-0.25, -0.2) is 33.6 Å².